The van der Waals surface area contributed by atoms with E-state index >= 15 is 0 Å². The number of carbonyl (C=O) groups excluding carboxylic acids is 3. The molecule has 0 fully saturated rings. The van der Waals surface area contributed by atoms with Crippen molar-refractivity contribution in [3.63, 3.8) is 0 Å². The van der Waals surface area contributed by atoms with Crippen LogP contribution in [0.3, 0.4) is 0 Å². The van der Waals surface area contributed by atoms with Crippen molar-refractivity contribution in [1.29, 1.82) is 0 Å². The molecule has 0 saturated heterocycles. The number of nitrogens with one attached hydrogen (secondary N) is 1. The fourth-order valence-electron chi connectivity index (χ4n) is 3.05. The summed E-state index contributed by atoms with van der Waals surface area (Å²) in [6, 6.07) is 9.32. The Bertz CT molecular complexity index is 893. The van der Waals surface area contributed by atoms with Gasteiger partial charge in [0.1, 0.15) is 6.04 Å². The van der Waals surface area contributed by atoms with Gasteiger partial charge in [0.25, 0.3) is 11.8 Å². The summed E-state index contributed by atoms with van der Waals surface area (Å²) < 4.78 is 18.7. The first-order valence-electron chi connectivity index (χ1n) is 8.46. The molecule has 2 atom stereocenters. The molecule has 3 amide bonds. The average molecular weight is 370 g/mol. The Morgan fingerprint density at radius 3 is 2.19 bits per heavy atom. The van der Waals surface area contributed by atoms with Crippen LogP contribution in [0.4, 0.5) is 4.39 Å². The lowest BCUT2D eigenvalue weighted by atomic mass is 10.1. The lowest BCUT2D eigenvalue weighted by Crippen LogP contribution is -2.48. The number of imide groups is 1. The summed E-state index contributed by atoms with van der Waals surface area (Å²) in [6.07, 6.45) is 0. The Hall–Kier alpha value is -3.22. The largest absolute Gasteiger partial charge is 0.494 e. The second kappa shape index (κ2) is 7.19. The third kappa shape index (κ3) is 3.28. The van der Waals surface area contributed by atoms with E-state index in [0.29, 0.717) is 5.56 Å². The van der Waals surface area contributed by atoms with Crippen LogP contribution in [0.25, 0.3) is 0 Å². The molecule has 3 rings (SSSR count). The van der Waals surface area contributed by atoms with E-state index in [1.54, 1.807) is 37.3 Å². The molecule has 0 bridgehead atoms. The highest BCUT2D eigenvalue weighted by atomic mass is 19.1. The second-order valence-electron chi connectivity index (χ2n) is 6.33. The van der Waals surface area contributed by atoms with Gasteiger partial charge in [-0.15, -0.1) is 0 Å². The number of carbonyl (C=O) groups is 3. The minimum atomic E-state index is -0.997. The first kappa shape index (κ1) is 18.6. The highest BCUT2D eigenvalue weighted by Gasteiger charge is 2.40. The molecule has 0 unspecified atom stereocenters. The zero-order valence-corrected chi connectivity index (χ0v) is 15.2. The fourth-order valence-corrected chi connectivity index (χ4v) is 3.05. The van der Waals surface area contributed by atoms with Crippen LogP contribution in [0.2, 0.25) is 0 Å². The number of hydrogen-bond donors (Lipinski definition) is 1. The van der Waals surface area contributed by atoms with Crippen LogP contribution in [0.5, 0.6) is 5.75 Å². The van der Waals surface area contributed by atoms with Gasteiger partial charge < -0.3 is 10.1 Å². The molecule has 1 aliphatic rings. The monoisotopic (exact) mass is 370 g/mol. The number of hydrogen-bond acceptors (Lipinski definition) is 4. The Labute approximate surface area is 155 Å². The van der Waals surface area contributed by atoms with E-state index in [1.807, 2.05) is 0 Å². The smallest absolute Gasteiger partial charge is 0.262 e. The Morgan fingerprint density at radius 1 is 1.07 bits per heavy atom. The molecule has 27 heavy (non-hydrogen) atoms. The molecular formula is C20H19FN2O4. The van der Waals surface area contributed by atoms with Crippen LogP contribution in [0.1, 0.15) is 46.2 Å². The van der Waals surface area contributed by atoms with Gasteiger partial charge in [0.05, 0.1) is 24.3 Å². The number of methoxy groups -OCH3 is 1. The van der Waals surface area contributed by atoms with E-state index in [2.05, 4.69) is 5.32 Å². The van der Waals surface area contributed by atoms with E-state index in [-0.39, 0.29) is 16.9 Å². The van der Waals surface area contributed by atoms with Crippen molar-refractivity contribution in [2.45, 2.75) is 25.9 Å². The maximum absolute atomic E-state index is 13.9. The first-order chi connectivity index (χ1) is 12.8. The van der Waals surface area contributed by atoms with Crippen LogP contribution >= 0.6 is 0 Å². The number of rotatable bonds is 5. The molecule has 1 heterocycles. The predicted molar refractivity (Wildman–Crippen MR) is 95.9 cm³/mol. The van der Waals surface area contributed by atoms with Crippen molar-refractivity contribution < 1.29 is 23.5 Å². The number of fused-ring (bicyclic) bond motifs is 1. The van der Waals surface area contributed by atoms with Gasteiger partial charge in [0, 0.05) is 0 Å². The number of nitrogens with zero attached hydrogens (tertiary/aromatic N) is 1. The van der Waals surface area contributed by atoms with Gasteiger partial charge in [-0.3, -0.25) is 19.3 Å². The van der Waals surface area contributed by atoms with Crippen molar-refractivity contribution in [2.75, 3.05) is 7.11 Å². The van der Waals surface area contributed by atoms with Crippen LogP contribution in [0, 0.1) is 5.82 Å². The van der Waals surface area contributed by atoms with Crippen molar-refractivity contribution in [1.82, 2.24) is 10.2 Å². The topological polar surface area (TPSA) is 75.7 Å². The SMILES string of the molecule is COc1ccc([C@@H](C)NC(=O)[C@H](C)N2C(=O)c3ccccc3C2=O)cc1F. The second-order valence-corrected chi connectivity index (χ2v) is 6.33. The van der Waals surface area contributed by atoms with E-state index < -0.39 is 35.6 Å². The van der Waals surface area contributed by atoms with Gasteiger partial charge in [-0.1, -0.05) is 18.2 Å². The molecule has 140 valence electrons. The Morgan fingerprint density at radius 2 is 1.67 bits per heavy atom. The fraction of sp³-hybridized carbons (Fsp3) is 0.250. The summed E-state index contributed by atoms with van der Waals surface area (Å²) >= 11 is 0. The first-order valence-corrected chi connectivity index (χ1v) is 8.46. The average Bonchev–Trinajstić information content (AvgIpc) is 2.92. The van der Waals surface area contributed by atoms with Gasteiger partial charge in [-0.05, 0) is 43.7 Å². The molecule has 0 spiro atoms. The van der Waals surface area contributed by atoms with Crippen molar-refractivity contribution >= 4 is 17.7 Å². The van der Waals surface area contributed by atoms with Crippen molar-refractivity contribution in [3.8, 4) is 5.75 Å². The van der Waals surface area contributed by atoms with Gasteiger partial charge in [-0.2, -0.15) is 0 Å². The Kier molecular flexibility index (Phi) is 4.94. The van der Waals surface area contributed by atoms with Gasteiger partial charge in [0.15, 0.2) is 11.6 Å². The van der Waals surface area contributed by atoms with E-state index in [1.165, 1.54) is 26.2 Å². The summed E-state index contributed by atoms with van der Waals surface area (Å²) in [5, 5.41) is 2.71. The van der Waals surface area contributed by atoms with Gasteiger partial charge in [-0.25, -0.2) is 4.39 Å². The maximum atomic E-state index is 13.9. The van der Waals surface area contributed by atoms with E-state index in [9.17, 15) is 18.8 Å². The van der Waals surface area contributed by atoms with Crippen LogP contribution in [0.15, 0.2) is 42.5 Å². The number of benzene rings is 2. The molecule has 2 aromatic carbocycles. The van der Waals surface area contributed by atoms with Crippen molar-refractivity contribution in [2.24, 2.45) is 0 Å². The van der Waals surface area contributed by atoms with Crippen LogP contribution in [-0.4, -0.2) is 35.8 Å². The highest BCUT2D eigenvalue weighted by molar-refractivity contribution is 6.22. The molecule has 2 aromatic rings. The molecule has 0 saturated carbocycles. The maximum Gasteiger partial charge on any atom is 0.262 e. The summed E-state index contributed by atoms with van der Waals surface area (Å²) in [5.41, 5.74) is 1.11. The zero-order valence-electron chi connectivity index (χ0n) is 15.2. The third-order valence-corrected chi connectivity index (χ3v) is 4.63. The number of halogens is 1. The van der Waals surface area contributed by atoms with Gasteiger partial charge in [0.2, 0.25) is 5.91 Å². The molecule has 1 aliphatic heterocycles. The summed E-state index contributed by atoms with van der Waals surface area (Å²) in [4.78, 5) is 38.5. The predicted octanol–water partition coefficient (Wildman–Crippen LogP) is 2.70. The quantitative estimate of drug-likeness (QED) is 0.821. The van der Waals surface area contributed by atoms with Crippen molar-refractivity contribution in [3.05, 3.63) is 65.0 Å². The highest BCUT2D eigenvalue weighted by Crippen LogP contribution is 2.25. The summed E-state index contributed by atoms with van der Waals surface area (Å²) in [6.45, 7) is 3.17. The van der Waals surface area contributed by atoms with Crippen LogP contribution in [-0.2, 0) is 4.79 Å². The lowest BCUT2D eigenvalue weighted by molar-refractivity contribution is -0.125. The van der Waals surface area contributed by atoms with Gasteiger partial charge >= 0.3 is 0 Å². The molecule has 1 N–H and O–H groups in total. The van der Waals surface area contributed by atoms with E-state index in [4.69, 9.17) is 4.74 Å². The summed E-state index contributed by atoms with van der Waals surface area (Å²) in [5.74, 6) is -1.93. The standard InChI is InChI=1S/C20H19FN2O4/c1-11(13-8-9-17(27-3)16(21)10-13)22-18(24)12(2)23-19(25)14-6-4-5-7-15(14)20(23)26/h4-12H,1-3H3,(H,22,24)/t11-,12+/m1/s1. The molecule has 0 aromatic heterocycles. The molecule has 6 nitrogen and oxygen atoms in total. The normalized spacial score (nSPS) is 15.3. The lowest BCUT2D eigenvalue weighted by Gasteiger charge is -2.24. The molecule has 0 radical (unpaired) electrons. The minimum Gasteiger partial charge on any atom is -0.494 e. The minimum absolute atomic E-state index is 0.108. The zero-order chi connectivity index (χ0) is 19.7. The molecular weight excluding hydrogens is 351 g/mol. The van der Waals surface area contributed by atoms with Crippen LogP contribution < -0.4 is 10.1 Å². The number of ether oxygens (including phenoxy) is 1. The Balaban J connectivity index is 1.74. The third-order valence-electron chi connectivity index (χ3n) is 4.63. The number of amides is 3. The molecule has 0 aliphatic carbocycles. The summed E-state index contributed by atoms with van der Waals surface area (Å²) in [7, 11) is 1.37. The van der Waals surface area contributed by atoms with E-state index in [0.717, 1.165) is 4.90 Å². The molecule has 7 heteroatoms.